The molecular weight excluding hydrogens is 477 g/mol. The Bertz CT molecular complexity index is 1200. The second-order valence-electron chi connectivity index (χ2n) is 8.18. The van der Waals surface area contributed by atoms with Crippen LogP contribution in [0.5, 0.6) is 5.75 Å². The van der Waals surface area contributed by atoms with Gasteiger partial charge < -0.3 is 19.1 Å². The summed E-state index contributed by atoms with van der Waals surface area (Å²) in [5, 5.41) is 0. The monoisotopic (exact) mass is 500 g/mol. The van der Waals surface area contributed by atoms with Crippen LogP contribution in [0, 0.1) is 0 Å². The molecule has 0 aliphatic carbocycles. The molecule has 2 fully saturated rings. The lowest BCUT2D eigenvalue weighted by atomic mass is 9.90. The molecule has 2 saturated heterocycles. The van der Waals surface area contributed by atoms with Crippen molar-refractivity contribution < 1.29 is 40.6 Å². The lowest BCUT2D eigenvalue weighted by molar-refractivity contribution is -0.137. The first kappa shape index (κ1) is 24.1. The van der Waals surface area contributed by atoms with Gasteiger partial charge in [-0.2, -0.15) is 13.2 Å². The molecule has 0 atom stereocenters. The van der Waals surface area contributed by atoms with Crippen molar-refractivity contribution in [3.05, 3.63) is 47.5 Å². The fourth-order valence-electron chi connectivity index (χ4n) is 4.23. The van der Waals surface area contributed by atoms with E-state index in [-0.39, 0.29) is 22.6 Å². The number of hydrogen-bond acceptors (Lipinski definition) is 7. The standard InChI is InChI=1S/C22H23F3N2O6S/c1-31-18-7-4-14(20(28)32-2)10-19(18)34(29,30)26-16-11-15(22(23,24)25)5-6-17(16)27-12-21(13-27)8-3-9-33-21/h4-7,10-11,26H,3,8-9,12-13H2,1-2H3. The third-order valence-corrected chi connectivity index (χ3v) is 7.31. The second kappa shape index (κ2) is 8.66. The molecule has 34 heavy (non-hydrogen) atoms. The minimum atomic E-state index is -4.67. The number of nitrogens with zero attached hydrogens (tertiary/aromatic N) is 1. The van der Waals surface area contributed by atoms with Crippen molar-refractivity contribution in [2.24, 2.45) is 0 Å². The van der Waals surface area contributed by atoms with Gasteiger partial charge in [-0.1, -0.05) is 0 Å². The van der Waals surface area contributed by atoms with Gasteiger partial charge in [0.1, 0.15) is 16.2 Å². The molecule has 2 aliphatic heterocycles. The molecule has 0 aromatic heterocycles. The summed E-state index contributed by atoms with van der Waals surface area (Å²) in [7, 11) is -2.08. The van der Waals surface area contributed by atoms with Gasteiger partial charge in [0.15, 0.2) is 0 Å². The van der Waals surface area contributed by atoms with Gasteiger partial charge in [-0.05, 0) is 49.2 Å². The fourth-order valence-corrected chi connectivity index (χ4v) is 5.49. The number of carbonyl (C=O) groups excluding carboxylic acids is 1. The number of ether oxygens (including phenoxy) is 3. The smallest absolute Gasteiger partial charge is 0.416 e. The number of esters is 1. The van der Waals surface area contributed by atoms with E-state index < -0.39 is 32.6 Å². The number of halogens is 3. The fraction of sp³-hybridized carbons (Fsp3) is 0.409. The molecule has 2 aromatic carbocycles. The first-order chi connectivity index (χ1) is 16.0. The molecule has 0 radical (unpaired) electrons. The summed E-state index contributed by atoms with van der Waals surface area (Å²) in [5.41, 5.74) is -1.36. The van der Waals surface area contributed by atoms with Crippen LogP contribution in [-0.4, -0.2) is 53.9 Å². The Labute approximate surface area is 194 Å². The molecule has 0 bridgehead atoms. The van der Waals surface area contributed by atoms with E-state index in [0.29, 0.717) is 25.4 Å². The zero-order valence-electron chi connectivity index (χ0n) is 18.4. The SMILES string of the molecule is COC(=O)c1ccc(OC)c(S(=O)(=O)Nc2cc(C(F)(F)F)ccc2N2CC3(CCCO3)C2)c1. The molecule has 4 rings (SSSR count). The molecule has 1 spiro atoms. The summed E-state index contributed by atoms with van der Waals surface area (Å²) in [6, 6.07) is 6.54. The van der Waals surface area contributed by atoms with E-state index in [1.165, 1.54) is 25.3 Å². The number of anilines is 2. The van der Waals surface area contributed by atoms with Gasteiger partial charge in [-0.3, -0.25) is 4.72 Å². The topological polar surface area (TPSA) is 94.2 Å². The minimum absolute atomic E-state index is 0.0593. The summed E-state index contributed by atoms with van der Waals surface area (Å²) in [4.78, 5) is 13.2. The predicted octanol–water partition coefficient (Wildman–Crippen LogP) is 3.67. The van der Waals surface area contributed by atoms with Crippen LogP contribution in [0.3, 0.4) is 0 Å². The van der Waals surface area contributed by atoms with Crippen LogP contribution in [-0.2, 0) is 25.7 Å². The second-order valence-corrected chi connectivity index (χ2v) is 9.83. The van der Waals surface area contributed by atoms with Crippen LogP contribution < -0.4 is 14.4 Å². The van der Waals surface area contributed by atoms with Crippen molar-refractivity contribution in [3.63, 3.8) is 0 Å². The van der Waals surface area contributed by atoms with Gasteiger partial charge in [-0.15, -0.1) is 0 Å². The van der Waals surface area contributed by atoms with Crippen molar-refractivity contribution >= 4 is 27.4 Å². The maximum Gasteiger partial charge on any atom is 0.416 e. The average Bonchev–Trinajstić information content (AvgIpc) is 3.27. The van der Waals surface area contributed by atoms with Crippen molar-refractivity contribution in [3.8, 4) is 5.75 Å². The van der Waals surface area contributed by atoms with Crippen LogP contribution in [0.2, 0.25) is 0 Å². The highest BCUT2D eigenvalue weighted by atomic mass is 32.2. The Morgan fingerprint density at radius 3 is 2.47 bits per heavy atom. The predicted molar refractivity (Wildman–Crippen MR) is 117 cm³/mol. The Kier molecular flexibility index (Phi) is 6.15. The van der Waals surface area contributed by atoms with Crippen molar-refractivity contribution in [1.82, 2.24) is 0 Å². The van der Waals surface area contributed by atoms with E-state index in [0.717, 1.165) is 38.2 Å². The molecule has 184 valence electrons. The Morgan fingerprint density at radius 1 is 1.15 bits per heavy atom. The number of nitrogens with one attached hydrogen (secondary N) is 1. The highest BCUT2D eigenvalue weighted by Crippen LogP contribution is 2.43. The zero-order valence-corrected chi connectivity index (χ0v) is 19.3. The number of alkyl halides is 3. The zero-order chi connectivity index (χ0) is 24.7. The van der Waals surface area contributed by atoms with Crippen LogP contribution in [0.1, 0.15) is 28.8 Å². The number of hydrogen-bond donors (Lipinski definition) is 1. The molecule has 0 amide bonds. The summed E-state index contributed by atoms with van der Waals surface area (Å²) < 4.78 is 84.5. The number of benzene rings is 2. The van der Waals surface area contributed by atoms with Crippen molar-refractivity contribution in [2.45, 2.75) is 29.5 Å². The molecule has 0 saturated carbocycles. The maximum absolute atomic E-state index is 13.4. The molecule has 8 nitrogen and oxygen atoms in total. The molecular formula is C22H23F3N2O6S. The van der Waals surface area contributed by atoms with Gasteiger partial charge in [0.05, 0.1) is 36.7 Å². The first-order valence-electron chi connectivity index (χ1n) is 10.4. The normalized spacial score (nSPS) is 17.4. The van der Waals surface area contributed by atoms with Crippen LogP contribution in [0.4, 0.5) is 24.5 Å². The molecule has 2 aromatic rings. The molecule has 2 aliphatic rings. The van der Waals surface area contributed by atoms with E-state index >= 15 is 0 Å². The number of methoxy groups -OCH3 is 2. The summed E-state index contributed by atoms with van der Waals surface area (Å²) >= 11 is 0. The van der Waals surface area contributed by atoms with Gasteiger partial charge in [0.2, 0.25) is 0 Å². The summed E-state index contributed by atoms with van der Waals surface area (Å²) in [6.07, 6.45) is -2.94. The van der Waals surface area contributed by atoms with Gasteiger partial charge in [-0.25, -0.2) is 13.2 Å². The average molecular weight is 500 g/mol. The highest BCUT2D eigenvalue weighted by Gasteiger charge is 2.47. The van der Waals surface area contributed by atoms with Crippen LogP contribution >= 0.6 is 0 Å². The van der Waals surface area contributed by atoms with E-state index in [1.54, 1.807) is 4.90 Å². The van der Waals surface area contributed by atoms with E-state index in [4.69, 9.17) is 9.47 Å². The summed E-state index contributed by atoms with van der Waals surface area (Å²) in [6.45, 7) is 1.50. The third kappa shape index (κ3) is 4.51. The van der Waals surface area contributed by atoms with Crippen molar-refractivity contribution in [2.75, 3.05) is 43.5 Å². The summed E-state index contributed by atoms with van der Waals surface area (Å²) in [5.74, 6) is -0.864. The number of carbonyl (C=O) groups is 1. The quantitative estimate of drug-likeness (QED) is 0.605. The third-order valence-electron chi connectivity index (χ3n) is 5.93. The molecule has 1 N–H and O–H groups in total. The van der Waals surface area contributed by atoms with E-state index in [2.05, 4.69) is 9.46 Å². The lowest BCUT2D eigenvalue weighted by Gasteiger charge is -2.49. The Hall–Kier alpha value is -2.99. The minimum Gasteiger partial charge on any atom is -0.495 e. The van der Waals surface area contributed by atoms with Gasteiger partial charge in [0.25, 0.3) is 10.0 Å². The molecule has 2 heterocycles. The highest BCUT2D eigenvalue weighted by molar-refractivity contribution is 7.92. The number of sulfonamides is 1. The first-order valence-corrected chi connectivity index (χ1v) is 11.9. The van der Waals surface area contributed by atoms with Gasteiger partial charge in [0, 0.05) is 19.7 Å². The van der Waals surface area contributed by atoms with E-state index in [1.807, 2.05) is 0 Å². The van der Waals surface area contributed by atoms with Gasteiger partial charge >= 0.3 is 12.1 Å². The number of rotatable bonds is 6. The van der Waals surface area contributed by atoms with Crippen LogP contribution in [0.15, 0.2) is 41.3 Å². The molecule has 0 unspecified atom stereocenters. The van der Waals surface area contributed by atoms with Crippen molar-refractivity contribution in [1.29, 1.82) is 0 Å². The lowest BCUT2D eigenvalue weighted by Crippen LogP contribution is -2.61. The van der Waals surface area contributed by atoms with Crippen LogP contribution in [0.25, 0.3) is 0 Å². The Balaban J connectivity index is 1.72. The molecule has 12 heteroatoms. The van der Waals surface area contributed by atoms with E-state index in [9.17, 15) is 26.4 Å². The maximum atomic E-state index is 13.4. The Morgan fingerprint density at radius 2 is 1.88 bits per heavy atom. The largest absolute Gasteiger partial charge is 0.495 e.